The Morgan fingerprint density at radius 2 is 1.24 bits per heavy atom. The van der Waals surface area contributed by atoms with Crippen LogP contribution in [0.2, 0.25) is 0 Å². The number of rotatable bonds is 7. The molecule has 29 heavy (non-hydrogen) atoms. The number of ether oxygens (including phenoxy) is 3. The molecule has 0 aromatic rings. The lowest BCUT2D eigenvalue weighted by molar-refractivity contribution is -0.158. The van der Waals surface area contributed by atoms with Gasteiger partial charge in [-0.1, -0.05) is 0 Å². The lowest BCUT2D eigenvalue weighted by Crippen LogP contribution is -2.50. The van der Waals surface area contributed by atoms with E-state index in [2.05, 4.69) is 0 Å². The van der Waals surface area contributed by atoms with Crippen molar-refractivity contribution in [2.24, 2.45) is 0 Å². The van der Waals surface area contributed by atoms with E-state index < -0.39 is 51.1 Å². The van der Waals surface area contributed by atoms with Crippen molar-refractivity contribution in [3.63, 3.8) is 0 Å². The van der Waals surface area contributed by atoms with Crippen LogP contribution in [0.25, 0.3) is 0 Å². The predicted molar refractivity (Wildman–Crippen MR) is 106 cm³/mol. The van der Waals surface area contributed by atoms with Gasteiger partial charge in [-0.25, -0.2) is 9.52 Å². The van der Waals surface area contributed by atoms with Crippen molar-refractivity contribution in [3.05, 3.63) is 0 Å². The molecule has 0 heterocycles. The van der Waals surface area contributed by atoms with E-state index in [1.807, 2.05) is 4.72 Å². The van der Waals surface area contributed by atoms with Gasteiger partial charge >= 0.3 is 28.2 Å². The van der Waals surface area contributed by atoms with E-state index in [9.17, 15) is 22.8 Å². The zero-order valence-electron chi connectivity index (χ0n) is 18.7. The van der Waals surface area contributed by atoms with Crippen LogP contribution in [-0.2, 0) is 34.0 Å². The topological polar surface area (TPSA) is 137 Å². The normalized spacial score (nSPS) is 14.0. The molecule has 0 spiro atoms. The maximum absolute atomic E-state index is 12.4. The van der Waals surface area contributed by atoms with Crippen molar-refractivity contribution in [1.29, 1.82) is 0 Å². The minimum Gasteiger partial charge on any atom is -0.460 e. The summed E-state index contributed by atoms with van der Waals surface area (Å²) in [6, 6.07) is -1.42. The Bertz CT molecular complexity index is 697. The minimum absolute atomic E-state index is 0.223. The molecule has 0 aliphatic heterocycles. The summed E-state index contributed by atoms with van der Waals surface area (Å²) in [6.45, 7) is 14.6. The molecule has 0 aromatic carbocycles. The van der Waals surface area contributed by atoms with Crippen LogP contribution in [0.5, 0.6) is 0 Å². The molecule has 1 amide bonds. The van der Waals surface area contributed by atoms with Crippen LogP contribution in [0, 0.1) is 0 Å². The molecule has 0 bridgehead atoms. The third kappa shape index (κ3) is 14.7. The maximum atomic E-state index is 12.4. The third-order valence-electron chi connectivity index (χ3n) is 2.66. The van der Waals surface area contributed by atoms with E-state index in [1.54, 1.807) is 67.0 Å². The molecule has 10 nitrogen and oxygen atoms in total. The highest BCUT2D eigenvalue weighted by atomic mass is 32.2. The number of esters is 2. The lowest BCUT2D eigenvalue weighted by atomic mass is 10.1. The third-order valence-corrected chi connectivity index (χ3v) is 3.69. The first-order valence-electron chi connectivity index (χ1n) is 9.17. The van der Waals surface area contributed by atoms with E-state index in [0.717, 1.165) is 0 Å². The fraction of sp³-hybridized carbons (Fsp3) is 0.833. The highest BCUT2D eigenvalue weighted by molar-refractivity contribution is 7.88. The van der Waals surface area contributed by atoms with E-state index in [-0.39, 0.29) is 12.8 Å². The quantitative estimate of drug-likeness (QED) is 0.456. The molecule has 1 unspecified atom stereocenters. The van der Waals surface area contributed by atoms with Crippen LogP contribution in [-0.4, -0.2) is 49.3 Å². The molecule has 0 radical (unpaired) electrons. The summed E-state index contributed by atoms with van der Waals surface area (Å²) in [6.07, 6.45) is -1.67. The van der Waals surface area contributed by atoms with Crippen LogP contribution >= 0.6 is 0 Å². The lowest BCUT2D eigenvalue weighted by Gasteiger charge is -2.25. The fourth-order valence-corrected chi connectivity index (χ4v) is 2.79. The molecule has 0 aliphatic carbocycles. The molecule has 1 atom stereocenters. The van der Waals surface area contributed by atoms with Crippen molar-refractivity contribution in [3.8, 4) is 0 Å². The van der Waals surface area contributed by atoms with E-state index >= 15 is 0 Å². The van der Waals surface area contributed by atoms with Gasteiger partial charge in [0, 0.05) is 6.42 Å². The summed E-state index contributed by atoms with van der Waals surface area (Å²) in [5.74, 6) is -1.50. The molecular weight excluding hydrogens is 404 g/mol. The second kappa shape index (κ2) is 9.75. The zero-order valence-corrected chi connectivity index (χ0v) is 19.5. The standard InChI is InChI=1S/C18H34N2O8S/c1-16(2,3)26-13(21)11-10-12(14(22)27-17(4,5)6)19-29(24,25)20-15(23)28-18(7,8)9/h12,19H,10-11H2,1-9H3,(H,20,23). The number of hydrogen-bond donors (Lipinski definition) is 2. The summed E-state index contributed by atoms with van der Waals surface area (Å²) in [4.78, 5) is 36.1. The van der Waals surface area contributed by atoms with E-state index in [1.165, 1.54) is 0 Å². The molecule has 0 aliphatic rings. The molecule has 0 saturated carbocycles. The SMILES string of the molecule is CC(C)(C)OC(=O)CCC(NS(=O)(=O)NC(=O)OC(C)(C)C)C(=O)OC(C)(C)C. The van der Waals surface area contributed by atoms with Crippen molar-refractivity contribution < 1.29 is 37.0 Å². The first-order chi connectivity index (χ1) is 12.7. The number of carbonyl (C=O) groups excluding carboxylic acids is 3. The molecule has 170 valence electrons. The smallest absolute Gasteiger partial charge is 0.422 e. The van der Waals surface area contributed by atoms with Gasteiger partial charge in [0.25, 0.3) is 0 Å². The monoisotopic (exact) mass is 438 g/mol. The average molecular weight is 439 g/mol. The van der Waals surface area contributed by atoms with Crippen LogP contribution < -0.4 is 9.44 Å². The highest BCUT2D eigenvalue weighted by Gasteiger charge is 2.31. The van der Waals surface area contributed by atoms with Crippen molar-refractivity contribution in [1.82, 2.24) is 9.44 Å². The van der Waals surface area contributed by atoms with Crippen molar-refractivity contribution >= 4 is 28.2 Å². The van der Waals surface area contributed by atoms with Crippen LogP contribution in [0.4, 0.5) is 4.79 Å². The number of amides is 1. The van der Waals surface area contributed by atoms with Gasteiger partial charge in [0.05, 0.1) is 0 Å². The zero-order chi connectivity index (χ0) is 23.3. The molecular formula is C18H34N2O8S. The molecule has 0 saturated heterocycles. The second-order valence-corrected chi connectivity index (χ2v) is 10.9. The number of hydrogen-bond acceptors (Lipinski definition) is 8. The largest absolute Gasteiger partial charge is 0.460 e. The number of carbonyl (C=O) groups is 3. The first-order valence-corrected chi connectivity index (χ1v) is 10.7. The van der Waals surface area contributed by atoms with Gasteiger partial charge in [-0.15, -0.1) is 0 Å². The summed E-state index contributed by atoms with van der Waals surface area (Å²) in [5, 5.41) is 0. The molecule has 0 rings (SSSR count). The molecule has 11 heteroatoms. The van der Waals surface area contributed by atoms with Crippen LogP contribution in [0.15, 0.2) is 0 Å². The Morgan fingerprint density at radius 1 is 0.793 bits per heavy atom. The Morgan fingerprint density at radius 3 is 1.66 bits per heavy atom. The van der Waals surface area contributed by atoms with Gasteiger partial charge in [-0.2, -0.15) is 13.1 Å². The Kier molecular flexibility index (Phi) is 9.12. The van der Waals surface area contributed by atoms with E-state index in [4.69, 9.17) is 14.2 Å². The maximum Gasteiger partial charge on any atom is 0.422 e. The predicted octanol–water partition coefficient (Wildman–Crippen LogP) is 2.18. The van der Waals surface area contributed by atoms with E-state index in [0.29, 0.717) is 0 Å². The van der Waals surface area contributed by atoms with Crippen LogP contribution in [0.3, 0.4) is 0 Å². The summed E-state index contributed by atoms with van der Waals surface area (Å²) in [5.41, 5.74) is -2.53. The Labute approximate surface area is 173 Å². The summed E-state index contributed by atoms with van der Waals surface area (Å²) >= 11 is 0. The second-order valence-electron chi connectivity index (χ2n) is 9.44. The Balaban J connectivity index is 5.25. The van der Waals surface area contributed by atoms with Crippen molar-refractivity contribution in [2.75, 3.05) is 0 Å². The van der Waals surface area contributed by atoms with Gasteiger partial charge < -0.3 is 14.2 Å². The average Bonchev–Trinajstić information content (AvgIpc) is 2.36. The van der Waals surface area contributed by atoms with Gasteiger partial charge in [0.2, 0.25) is 0 Å². The van der Waals surface area contributed by atoms with Gasteiger partial charge in [0.1, 0.15) is 22.8 Å². The summed E-state index contributed by atoms with van der Waals surface area (Å²) in [7, 11) is -4.46. The highest BCUT2D eigenvalue weighted by Crippen LogP contribution is 2.14. The van der Waals surface area contributed by atoms with Gasteiger partial charge in [0.15, 0.2) is 0 Å². The molecule has 2 N–H and O–H groups in total. The van der Waals surface area contributed by atoms with Gasteiger partial charge in [-0.05, 0) is 68.7 Å². The number of nitrogens with one attached hydrogen (secondary N) is 2. The van der Waals surface area contributed by atoms with Crippen LogP contribution in [0.1, 0.15) is 75.2 Å². The Hall–Kier alpha value is -1.88. The minimum atomic E-state index is -4.46. The molecule has 0 fully saturated rings. The fourth-order valence-electron chi connectivity index (χ4n) is 1.88. The first kappa shape index (κ1) is 27.1. The van der Waals surface area contributed by atoms with Crippen molar-refractivity contribution in [2.45, 2.75) is 98.0 Å². The summed E-state index contributed by atoms with van der Waals surface area (Å²) < 4.78 is 43.4. The van der Waals surface area contributed by atoms with Gasteiger partial charge in [-0.3, -0.25) is 9.59 Å². The molecule has 0 aromatic heterocycles.